The molecule has 1 aliphatic heterocycles. The van der Waals surface area contributed by atoms with Crippen molar-refractivity contribution in [3.8, 4) is 5.75 Å². The van der Waals surface area contributed by atoms with E-state index in [1.54, 1.807) is 23.8 Å². The molecule has 5 nitrogen and oxygen atoms in total. The highest BCUT2D eigenvalue weighted by Gasteiger charge is 2.36. The molecule has 0 radical (unpaired) electrons. The molecule has 6 heteroatoms. The molecule has 24 heavy (non-hydrogen) atoms. The van der Waals surface area contributed by atoms with Crippen LogP contribution in [0.2, 0.25) is 0 Å². The van der Waals surface area contributed by atoms with Crippen LogP contribution in [0.3, 0.4) is 0 Å². The molecule has 1 aromatic rings. The number of carbonyl (C=O) groups excluding carboxylic acids is 2. The lowest BCUT2D eigenvalue weighted by Gasteiger charge is -2.25. The largest absolute Gasteiger partial charge is 0.497 e. The first-order valence-electron chi connectivity index (χ1n) is 8.34. The lowest BCUT2D eigenvalue weighted by Crippen LogP contribution is -2.47. The average Bonchev–Trinajstić information content (AvgIpc) is 2.92. The van der Waals surface area contributed by atoms with Gasteiger partial charge in [0.1, 0.15) is 11.8 Å². The monoisotopic (exact) mass is 350 g/mol. The number of primary amides is 1. The minimum absolute atomic E-state index is 0.0577. The fourth-order valence-electron chi connectivity index (χ4n) is 3.05. The number of amides is 2. The maximum absolute atomic E-state index is 12.2. The predicted molar refractivity (Wildman–Crippen MR) is 96.9 cm³/mol. The Labute approximate surface area is 147 Å². The second-order valence-electron chi connectivity index (χ2n) is 6.19. The Bertz CT molecular complexity index is 562. The number of ether oxygens (including phenoxy) is 1. The first-order valence-corrected chi connectivity index (χ1v) is 9.50. The van der Waals surface area contributed by atoms with Gasteiger partial charge >= 0.3 is 0 Å². The van der Waals surface area contributed by atoms with Gasteiger partial charge in [0.05, 0.1) is 7.11 Å². The van der Waals surface area contributed by atoms with Gasteiger partial charge in [0, 0.05) is 24.5 Å². The van der Waals surface area contributed by atoms with E-state index in [-0.39, 0.29) is 5.91 Å². The number of rotatable bonds is 9. The third kappa shape index (κ3) is 4.90. The van der Waals surface area contributed by atoms with Crippen LogP contribution in [-0.4, -0.2) is 42.2 Å². The van der Waals surface area contributed by atoms with Crippen molar-refractivity contribution in [1.82, 2.24) is 4.90 Å². The number of hydrogen-bond donors (Lipinski definition) is 1. The summed E-state index contributed by atoms with van der Waals surface area (Å²) in [7, 11) is 1.64. The summed E-state index contributed by atoms with van der Waals surface area (Å²) in [6.45, 7) is 2.77. The van der Waals surface area contributed by atoms with Gasteiger partial charge in [-0.25, -0.2) is 0 Å². The quantitative estimate of drug-likeness (QED) is 0.742. The molecule has 0 saturated carbocycles. The lowest BCUT2D eigenvalue weighted by molar-refractivity contribution is -0.135. The van der Waals surface area contributed by atoms with Crippen molar-refractivity contribution in [1.29, 1.82) is 0 Å². The zero-order chi connectivity index (χ0) is 17.5. The first kappa shape index (κ1) is 18.6. The number of methoxy groups -OCH3 is 1. The van der Waals surface area contributed by atoms with Gasteiger partial charge in [-0.05, 0) is 30.0 Å². The molecule has 0 bridgehead atoms. The molecule has 2 amide bonds. The van der Waals surface area contributed by atoms with Crippen molar-refractivity contribution in [3.63, 3.8) is 0 Å². The van der Waals surface area contributed by atoms with Crippen LogP contribution >= 0.6 is 11.8 Å². The molecule has 1 aliphatic rings. The van der Waals surface area contributed by atoms with Gasteiger partial charge in [0.25, 0.3) is 0 Å². The first-order chi connectivity index (χ1) is 11.5. The Morgan fingerprint density at radius 3 is 2.71 bits per heavy atom. The Balaban J connectivity index is 1.89. The summed E-state index contributed by atoms with van der Waals surface area (Å²) in [5, 5.41) is 0. The van der Waals surface area contributed by atoms with Crippen LogP contribution in [0.25, 0.3) is 0 Å². The molecule has 1 saturated heterocycles. The Hall–Kier alpha value is -1.69. The maximum atomic E-state index is 12.2. The smallest absolute Gasteiger partial charge is 0.241 e. The average molecular weight is 350 g/mol. The van der Waals surface area contributed by atoms with Crippen molar-refractivity contribution in [2.24, 2.45) is 11.7 Å². The summed E-state index contributed by atoms with van der Waals surface area (Å²) in [5.74, 6) is 2.13. The molecule has 0 aliphatic carbocycles. The third-order valence-electron chi connectivity index (χ3n) is 4.34. The van der Waals surface area contributed by atoms with E-state index < -0.39 is 11.9 Å². The number of carbonyl (C=O) groups is 2. The van der Waals surface area contributed by atoms with E-state index in [1.165, 1.54) is 0 Å². The molecule has 2 N–H and O–H groups in total. The number of nitrogens with two attached hydrogens (primary N) is 1. The standard InChI is InChI=1S/C18H26N2O3S/c1-3-4-14-9-17(21)20(10-14)16(18(19)22)12-24-11-13-5-7-15(23-2)8-6-13/h5-8,14,16H,3-4,9-12H2,1-2H3,(H2,19,22). The van der Waals surface area contributed by atoms with E-state index in [4.69, 9.17) is 10.5 Å². The van der Waals surface area contributed by atoms with Crippen LogP contribution in [0.15, 0.2) is 24.3 Å². The highest BCUT2D eigenvalue weighted by atomic mass is 32.2. The van der Waals surface area contributed by atoms with Crippen molar-refractivity contribution in [2.75, 3.05) is 19.4 Å². The fraction of sp³-hybridized carbons (Fsp3) is 0.556. The third-order valence-corrected chi connectivity index (χ3v) is 5.43. The van der Waals surface area contributed by atoms with E-state index in [0.29, 0.717) is 24.6 Å². The molecule has 1 heterocycles. The molecule has 1 aromatic carbocycles. The summed E-state index contributed by atoms with van der Waals surface area (Å²) in [4.78, 5) is 25.7. The van der Waals surface area contributed by atoms with Crippen LogP contribution in [0.5, 0.6) is 5.75 Å². The summed E-state index contributed by atoms with van der Waals surface area (Å²) < 4.78 is 5.14. The second-order valence-corrected chi connectivity index (χ2v) is 7.22. The van der Waals surface area contributed by atoms with Gasteiger partial charge < -0.3 is 15.4 Å². The van der Waals surface area contributed by atoms with E-state index in [9.17, 15) is 9.59 Å². The van der Waals surface area contributed by atoms with E-state index in [1.807, 2.05) is 24.3 Å². The number of thioether (sulfide) groups is 1. The van der Waals surface area contributed by atoms with Crippen molar-refractivity contribution in [3.05, 3.63) is 29.8 Å². The molecule has 0 aromatic heterocycles. The zero-order valence-electron chi connectivity index (χ0n) is 14.4. The summed E-state index contributed by atoms with van der Waals surface area (Å²) in [6.07, 6.45) is 2.62. The zero-order valence-corrected chi connectivity index (χ0v) is 15.2. The Morgan fingerprint density at radius 1 is 1.42 bits per heavy atom. The molecular weight excluding hydrogens is 324 g/mol. The fourth-order valence-corrected chi connectivity index (χ4v) is 4.16. The highest BCUT2D eigenvalue weighted by molar-refractivity contribution is 7.98. The lowest BCUT2D eigenvalue weighted by atomic mass is 10.0. The van der Waals surface area contributed by atoms with E-state index >= 15 is 0 Å². The molecule has 132 valence electrons. The number of nitrogens with zero attached hydrogens (tertiary/aromatic N) is 1. The Morgan fingerprint density at radius 2 is 2.12 bits per heavy atom. The van der Waals surface area contributed by atoms with Crippen LogP contribution in [0, 0.1) is 5.92 Å². The van der Waals surface area contributed by atoms with Gasteiger partial charge in [0.2, 0.25) is 11.8 Å². The van der Waals surface area contributed by atoms with Gasteiger partial charge in [-0.3, -0.25) is 9.59 Å². The van der Waals surface area contributed by atoms with Crippen LogP contribution < -0.4 is 10.5 Å². The SMILES string of the molecule is CCCC1CC(=O)N(C(CSCc2ccc(OC)cc2)C(N)=O)C1. The van der Waals surface area contributed by atoms with E-state index in [2.05, 4.69) is 6.92 Å². The van der Waals surface area contributed by atoms with Gasteiger partial charge in [-0.15, -0.1) is 0 Å². The van der Waals surface area contributed by atoms with Crippen molar-refractivity contribution < 1.29 is 14.3 Å². The van der Waals surface area contributed by atoms with Crippen molar-refractivity contribution in [2.45, 2.75) is 38.0 Å². The minimum Gasteiger partial charge on any atom is -0.497 e. The maximum Gasteiger partial charge on any atom is 0.241 e. The number of likely N-dealkylation sites (tertiary alicyclic amines) is 1. The van der Waals surface area contributed by atoms with Crippen LogP contribution in [0.1, 0.15) is 31.7 Å². The molecular formula is C18H26N2O3S. The van der Waals surface area contributed by atoms with Gasteiger partial charge in [-0.1, -0.05) is 25.5 Å². The number of hydrogen-bond acceptors (Lipinski definition) is 4. The Kier molecular flexibility index (Phi) is 6.97. The van der Waals surface area contributed by atoms with E-state index in [0.717, 1.165) is 29.9 Å². The predicted octanol–water partition coefficient (Wildman–Crippen LogP) is 2.43. The molecule has 2 atom stereocenters. The summed E-state index contributed by atoms with van der Waals surface area (Å²) >= 11 is 1.62. The number of benzene rings is 1. The van der Waals surface area contributed by atoms with Crippen LogP contribution in [-0.2, 0) is 15.3 Å². The molecule has 1 fully saturated rings. The van der Waals surface area contributed by atoms with Crippen molar-refractivity contribution >= 4 is 23.6 Å². The van der Waals surface area contributed by atoms with Crippen LogP contribution in [0.4, 0.5) is 0 Å². The normalized spacial score (nSPS) is 18.7. The van der Waals surface area contributed by atoms with Gasteiger partial charge in [0.15, 0.2) is 0 Å². The highest BCUT2D eigenvalue weighted by Crippen LogP contribution is 2.26. The second kappa shape index (κ2) is 8.97. The van der Waals surface area contributed by atoms with Gasteiger partial charge in [-0.2, -0.15) is 11.8 Å². The summed E-state index contributed by atoms with van der Waals surface area (Å²) in [5.41, 5.74) is 6.71. The molecule has 2 rings (SSSR count). The molecule has 2 unspecified atom stereocenters. The summed E-state index contributed by atoms with van der Waals surface area (Å²) in [6, 6.07) is 7.33. The molecule has 0 spiro atoms. The minimum atomic E-state index is -0.511. The topological polar surface area (TPSA) is 72.6 Å².